The molecule has 1 amide bonds. The van der Waals surface area contributed by atoms with Crippen LogP contribution in [0.5, 0.6) is 0 Å². The number of benzene rings is 1. The first-order valence-electron chi connectivity index (χ1n) is 7.15. The van der Waals surface area contributed by atoms with Crippen molar-refractivity contribution >= 4 is 11.6 Å². The van der Waals surface area contributed by atoms with E-state index in [2.05, 4.69) is 15.3 Å². The number of pyridine rings is 1. The summed E-state index contributed by atoms with van der Waals surface area (Å²) in [6.07, 6.45) is -2.45. The quantitative estimate of drug-likeness (QED) is 0.731. The highest BCUT2D eigenvalue weighted by molar-refractivity contribution is 6.04. The molecule has 9 heteroatoms. The van der Waals surface area contributed by atoms with Gasteiger partial charge < -0.3 is 4.90 Å². The van der Waals surface area contributed by atoms with Crippen LogP contribution in [0.1, 0.15) is 16.1 Å². The molecule has 25 heavy (non-hydrogen) atoms. The van der Waals surface area contributed by atoms with Crippen molar-refractivity contribution in [2.45, 2.75) is 6.18 Å². The number of amides is 1. The molecule has 0 N–H and O–H groups in total. The molecule has 0 fully saturated rings. The Kier molecular flexibility index (Phi) is 4.22. The molecule has 2 heterocycles. The molecule has 0 radical (unpaired) electrons. The van der Waals surface area contributed by atoms with Gasteiger partial charge in [0.25, 0.3) is 5.91 Å². The number of anilines is 1. The maximum Gasteiger partial charge on any atom is 0.417 e. The van der Waals surface area contributed by atoms with E-state index < -0.39 is 17.6 Å². The first-order chi connectivity index (χ1) is 11.9. The fourth-order valence-corrected chi connectivity index (χ4v) is 2.10. The lowest BCUT2D eigenvalue weighted by molar-refractivity contribution is -0.137. The third-order valence-electron chi connectivity index (χ3n) is 3.47. The van der Waals surface area contributed by atoms with E-state index in [1.54, 1.807) is 31.3 Å². The second-order valence-electron chi connectivity index (χ2n) is 5.15. The van der Waals surface area contributed by atoms with Crippen LogP contribution < -0.4 is 4.90 Å². The van der Waals surface area contributed by atoms with Crippen molar-refractivity contribution in [1.82, 2.24) is 20.0 Å². The molecule has 0 aliphatic carbocycles. The van der Waals surface area contributed by atoms with Crippen LogP contribution in [0, 0.1) is 0 Å². The van der Waals surface area contributed by atoms with E-state index in [0.29, 0.717) is 11.9 Å². The fourth-order valence-electron chi connectivity index (χ4n) is 2.10. The first kappa shape index (κ1) is 16.6. The van der Waals surface area contributed by atoms with E-state index in [1.807, 2.05) is 6.07 Å². The molecule has 0 saturated carbocycles. The van der Waals surface area contributed by atoms with Crippen LogP contribution in [0.2, 0.25) is 0 Å². The molecule has 0 saturated heterocycles. The Balaban J connectivity index is 1.81. The summed E-state index contributed by atoms with van der Waals surface area (Å²) in [6, 6.07) is 11.0. The molecule has 3 aromatic rings. The number of halogens is 3. The Bertz CT molecular complexity index is 875. The van der Waals surface area contributed by atoms with Crippen LogP contribution in [-0.4, -0.2) is 32.9 Å². The highest BCUT2D eigenvalue weighted by Gasteiger charge is 2.30. The van der Waals surface area contributed by atoms with Crippen molar-refractivity contribution in [1.29, 1.82) is 0 Å². The van der Waals surface area contributed by atoms with Crippen molar-refractivity contribution in [3.05, 3.63) is 66.1 Å². The molecular formula is C16H12F3N5O. The van der Waals surface area contributed by atoms with E-state index in [0.717, 1.165) is 16.8 Å². The normalized spacial score (nSPS) is 11.4. The Morgan fingerprint density at radius 1 is 1.12 bits per heavy atom. The van der Waals surface area contributed by atoms with Crippen LogP contribution >= 0.6 is 0 Å². The highest BCUT2D eigenvalue weighted by Crippen LogP contribution is 2.28. The van der Waals surface area contributed by atoms with Crippen molar-refractivity contribution in [2.24, 2.45) is 0 Å². The molecular weight excluding hydrogens is 335 g/mol. The maximum atomic E-state index is 12.6. The zero-order chi connectivity index (χ0) is 18.0. The van der Waals surface area contributed by atoms with Gasteiger partial charge in [-0.3, -0.25) is 4.79 Å². The van der Waals surface area contributed by atoms with E-state index in [4.69, 9.17) is 0 Å². The predicted molar refractivity (Wildman–Crippen MR) is 83.3 cm³/mol. The minimum atomic E-state index is -4.46. The van der Waals surface area contributed by atoms with Crippen molar-refractivity contribution in [3.63, 3.8) is 0 Å². The molecule has 1 aromatic carbocycles. The van der Waals surface area contributed by atoms with Crippen LogP contribution in [0.3, 0.4) is 0 Å². The molecule has 0 atom stereocenters. The second-order valence-corrected chi connectivity index (χ2v) is 5.15. The number of rotatable bonds is 3. The first-order valence-corrected chi connectivity index (χ1v) is 7.15. The molecule has 0 unspecified atom stereocenters. The van der Waals surface area contributed by atoms with Gasteiger partial charge in [0.1, 0.15) is 0 Å². The minimum Gasteiger partial charge on any atom is -0.310 e. The Labute approximate surface area is 140 Å². The Morgan fingerprint density at radius 3 is 2.44 bits per heavy atom. The van der Waals surface area contributed by atoms with E-state index in [9.17, 15) is 18.0 Å². The van der Waals surface area contributed by atoms with E-state index in [1.165, 1.54) is 11.1 Å². The minimum absolute atomic E-state index is 0.0491. The Morgan fingerprint density at radius 2 is 1.84 bits per heavy atom. The molecule has 0 aliphatic heterocycles. The molecule has 2 aromatic heterocycles. The summed E-state index contributed by atoms with van der Waals surface area (Å²) >= 11 is 0. The van der Waals surface area contributed by atoms with Crippen molar-refractivity contribution in [3.8, 4) is 5.82 Å². The fraction of sp³-hybridized carbons (Fsp3) is 0.125. The summed E-state index contributed by atoms with van der Waals surface area (Å²) < 4.78 is 38.8. The number of para-hydroxylation sites is 1. The largest absolute Gasteiger partial charge is 0.417 e. The second kappa shape index (κ2) is 6.34. The lowest BCUT2D eigenvalue weighted by Gasteiger charge is -2.15. The summed E-state index contributed by atoms with van der Waals surface area (Å²) in [4.78, 5) is 17.5. The lowest BCUT2D eigenvalue weighted by Crippen LogP contribution is -2.26. The summed E-state index contributed by atoms with van der Waals surface area (Å²) in [7, 11) is 1.59. The van der Waals surface area contributed by atoms with Crippen molar-refractivity contribution in [2.75, 3.05) is 11.9 Å². The zero-order valence-corrected chi connectivity index (χ0v) is 13.0. The average molecular weight is 347 g/mol. The van der Waals surface area contributed by atoms with Gasteiger partial charge in [-0.05, 0) is 24.3 Å². The van der Waals surface area contributed by atoms with Gasteiger partial charge in [0.2, 0.25) is 0 Å². The van der Waals surface area contributed by atoms with Crippen LogP contribution in [-0.2, 0) is 6.18 Å². The van der Waals surface area contributed by atoms with Crippen molar-refractivity contribution < 1.29 is 18.0 Å². The van der Waals surface area contributed by atoms with Gasteiger partial charge >= 0.3 is 6.18 Å². The molecule has 0 bridgehead atoms. The van der Waals surface area contributed by atoms with Gasteiger partial charge in [-0.1, -0.05) is 23.4 Å². The highest BCUT2D eigenvalue weighted by atomic mass is 19.4. The van der Waals surface area contributed by atoms with Gasteiger partial charge in [-0.2, -0.15) is 13.2 Å². The van der Waals surface area contributed by atoms with E-state index >= 15 is 0 Å². The smallest absolute Gasteiger partial charge is 0.310 e. The molecule has 3 rings (SSSR count). The molecule has 6 nitrogen and oxygen atoms in total. The number of nitrogens with zero attached hydrogens (tertiary/aromatic N) is 5. The predicted octanol–water partition coefficient (Wildman–Crippen LogP) is 2.96. The topological polar surface area (TPSA) is 63.9 Å². The lowest BCUT2D eigenvalue weighted by atomic mass is 10.3. The monoisotopic (exact) mass is 347 g/mol. The summed E-state index contributed by atoms with van der Waals surface area (Å²) in [5.74, 6) is -0.272. The van der Waals surface area contributed by atoms with Gasteiger partial charge in [0.15, 0.2) is 11.5 Å². The van der Waals surface area contributed by atoms with Crippen LogP contribution in [0.4, 0.5) is 18.9 Å². The number of hydrogen-bond acceptors (Lipinski definition) is 4. The van der Waals surface area contributed by atoms with Gasteiger partial charge in [0, 0.05) is 18.9 Å². The van der Waals surface area contributed by atoms with Gasteiger partial charge in [0.05, 0.1) is 11.8 Å². The summed E-state index contributed by atoms with van der Waals surface area (Å²) in [5.41, 5.74) is -0.140. The van der Waals surface area contributed by atoms with Crippen LogP contribution in [0.15, 0.2) is 54.9 Å². The average Bonchev–Trinajstić information content (AvgIpc) is 3.10. The number of aromatic nitrogens is 4. The molecule has 0 spiro atoms. The van der Waals surface area contributed by atoms with E-state index in [-0.39, 0.29) is 11.5 Å². The number of carbonyl (C=O) groups excluding carboxylic acids is 1. The standard InChI is InChI=1S/C16H12F3N5O/c1-23(12-5-3-2-4-6-12)15(25)13-10-24(22-21-13)14-8-7-11(9-20-14)16(17,18)19/h2-10H,1H3. The SMILES string of the molecule is CN(C(=O)c1cn(-c2ccc(C(F)(F)F)cn2)nn1)c1ccccc1. The number of carbonyl (C=O) groups is 1. The van der Waals surface area contributed by atoms with Gasteiger partial charge in [-0.15, -0.1) is 5.10 Å². The number of hydrogen-bond donors (Lipinski definition) is 0. The van der Waals surface area contributed by atoms with Crippen LogP contribution in [0.25, 0.3) is 5.82 Å². The zero-order valence-electron chi connectivity index (χ0n) is 13.0. The van der Waals surface area contributed by atoms with Gasteiger partial charge in [-0.25, -0.2) is 9.67 Å². The maximum absolute atomic E-state index is 12.6. The number of alkyl halides is 3. The summed E-state index contributed by atoms with van der Waals surface area (Å²) in [5, 5.41) is 7.52. The summed E-state index contributed by atoms with van der Waals surface area (Å²) in [6.45, 7) is 0. The molecule has 0 aliphatic rings. The molecule has 128 valence electrons. The Hall–Kier alpha value is -3.23. The third-order valence-corrected chi connectivity index (χ3v) is 3.47. The third kappa shape index (κ3) is 3.49.